The van der Waals surface area contributed by atoms with Crippen molar-refractivity contribution in [3.63, 3.8) is 0 Å². The highest BCUT2D eigenvalue weighted by atomic mass is 19.1. The first-order valence-corrected chi connectivity index (χ1v) is 7.40. The zero-order valence-corrected chi connectivity index (χ0v) is 12.2. The molecule has 0 saturated heterocycles. The van der Waals surface area contributed by atoms with Crippen LogP contribution >= 0.6 is 0 Å². The summed E-state index contributed by atoms with van der Waals surface area (Å²) in [5, 5.41) is 12.6. The number of hydrogen-bond acceptors (Lipinski definition) is 2. The summed E-state index contributed by atoms with van der Waals surface area (Å²) in [6.07, 6.45) is 6.13. The van der Waals surface area contributed by atoms with Gasteiger partial charge in [0.15, 0.2) is 0 Å². The van der Waals surface area contributed by atoms with Crippen molar-refractivity contribution < 1.29 is 18.7 Å². The molecular formula is C16H21F2NO2. The minimum atomic E-state index is -1.55. The Labute approximate surface area is 123 Å². The van der Waals surface area contributed by atoms with Crippen LogP contribution in [-0.2, 0) is 10.3 Å². The first kappa shape index (κ1) is 15.9. The third-order valence-corrected chi connectivity index (χ3v) is 4.25. The largest absolute Gasteiger partial charge is 0.480 e. The normalized spacial score (nSPS) is 19.8. The second-order valence-corrected chi connectivity index (χ2v) is 5.89. The van der Waals surface area contributed by atoms with Gasteiger partial charge in [0.05, 0.1) is 0 Å². The fourth-order valence-electron chi connectivity index (χ4n) is 2.98. The smallest absolute Gasteiger partial charge is 0.328 e. The molecular weight excluding hydrogens is 276 g/mol. The lowest BCUT2D eigenvalue weighted by molar-refractivity contribution is -0.145. The van der Waals surface area contributed by atoms with Crippen LogP contribution in [0.15, 0.2) is 18.2 Å². The van der Waals surface area contributed by atoms with E-state index in [2.05, 4.69) is 5.32 Å². The molecule has 0 radical (unpaired) electrons. The lowest BCUT2D eigenvalue weighted by atomic mass is 9.89. The summed E-state index contributed by atoms with van der Waals surface area (Å²) in [5.41, 5.74) is -1.58. The Balaban J connectivity index is 2.28. The van der Waals surface area contributed by atoms with Gasteiger partial charge in [-0.05, 0) is 25.8 Å². The fourth-order valence-corrected chi connectivity index (χ4v) is 2.98. The van der Waals surface area contributed by atoms with E-state index in [9.17, 15) is 18.7 Å². The van der Waals surface area contributed by atoms with Crippen molar-refractivity contribution in [1.29, 1.82) is 0 Å². The van der Waals surface area contributed by atoms with Crippen LogP contribution in [0, 0.1) is 11.6 Å². The number of carboxylic acids is 1. The molecule has 0 amide bonds. The van der Waals surface area contributed by atoms with E-state index in [0.717, 1.165) is 50.7 Å². The number of halogens is 2. The average Bonchev–Trinajstić information content (AvgIpc) is 2.66. The van der Waals surface area contributed by atoms with Gasteiger partial charge in [0.1, 0.15) is 17.2 Å². The highest BCUT2D eigenvalue weighted by Gasteiger charge is 2.39. The molecule has 3 nitrogen and oxygen atoms in total. The topological polar surface area (TPSA) is 49.3 Å². The molecule has 1 atom stereocenters. The summed E-state index contributed by atoms with van der Waals surface area (Å²) in [5.74, 6) is -2.70. The van der Waals surface area contributed by atoms with Crippen molar-refractivity contribution in [3.05, 3.63) is 35.4 Å². The predicted octanol–water partition coefficient (Wildman–Crippen LogP) is 3.58. The van der Waals surface area contributed by atoms with E-state index in [0.29, 0.717) is 0 Å². The Kier molecular flexibility index (Phi) is 4.93. The van der Waals surface area contributed by atoms with Gasteiger partial charge < -0.3 is 5.11 Å². The van der Waals surface area contributed by atoms with Crippen molar-refractivity contribution in [3.8, 4) is 0 Å². The Morgan fingerprint density at radius 3 is 2.38 bits per heavy atom. The second kappa shape index (κ2) is 6.52. The summed E-state index contributed by atoms with van der Waals surface area (Å²) in [6, 6.07) is 3.07. The van der Waals surface area contributed by atoms with Crippen LogP contribution in [0.25, 0.3) is 0 Å². The van der Waals surface area contributed by atoms with Gasteiger partial charge in [-0.3, -0.25) is 5.32 Å². The minimum absolute atomic E-state index is 0.0272. The molecule has 21 heavy (non-hydrogen) atoms. The predicted molar refractivity (Wildman–Crippen MR) is 76.0 cm³/mol. The molecule has 1 unspecified atom stereocenters. The van der Waals surface area contributed by atoms with E-state index in [-0.39, 0.29) is 11.6 Å². The zero-order chi connectivity index (χ0) is 15.5. The highest BCUT2D eigenvalue weighted by Crippen LogP contribution is 2.28. The molecule has 0 heterocycles. The van der Waals surface area contributed by atoms with E-state index in [4.69, 9.17) is 0 Å². The molecule has 0 bridgehead atoms. The van der Waals surface area contributed by atoms with Crippen LogP contribution in [-0.4, -0.2) is 17.1 Å². The van der Waals surface area contributed by atoms with Gasteiger partial charge >= 0.3 is 5.97 Å². The Hall–Kier alpha value is -1.49. The summed E-state index contributed by atoms with van der Waals surface area (Å²) in [6.45, 7) is 1.44. The molecule has 0 aliphatic heterocycles. The van der Waals surface area contributed by atoms with E-state index >= 15 is 0 Å². The number of aliphatic carboxylic acids is 1. The van der Waals surface area contributed by atoms with Gasteiger partial charge in [0.25, 0.3) is 0 Å². The quantitative estimate of drug-likeness (QED) is 0.835. The lowest BCUT2D eigenvalue weighted by Crippen LogP contribution is -2.51. The summed E-state index contributed by atoms with van der Waals surface area (Å²) < 4.78 is 27.0. The lowest BCUT2D eigenvalue weighted by Gasteiger charge is -2.32. The first-order chi connectivity index (χ1) is 9.93. The minimum Gasteiger partial charge on any atom is -0.480 e. The number of hydrogen-bond donors (Lipinski definition) is 2. The average molecular weight is 297 g/mol. The van der Waals surface area contributed by atoms with E-state index in [1.54, 1.807) is 0 Å². The Morgan fingerprint density at radius 1 is 1.24 bits per heavy atom. The van der Waals surface area contributed by atoms with Crippen LogP contribution in [0.3, 0.4) is 0 Å². The van der Waals surface area contributed by atoms with Crippen LogP contribution in [0.4, 0.5) is 8.78 Å². The monoisotopic (exact) mass is 297 g/mol. The third kappa shape index (κ3) is 3.59. The maximum atomic E-state index is 14.0. The Morgan fingerprint density at radius 2 is 1.86 bits per heavy atom. The maximum absolute atomic E-state index is 14.0. The standard InChI is InChI=1S/C16H21F2NO2/c1-16(15(20)21,13-9-8-11(17)10-14(13)18)19-12-6-4-2-3-5-7-12/h8-10,12,19H,2-7H2,1H3,(H,20,21). The van der Waals surface area contributed by atoms with Crippen molar-refractivity contribution in [2.45, 2.75) is 57.0 Å². The van der Waals surface area contributed by atoms with Crippen LogP contribution in [0.5, 0.6) is 0 Å². The van der Waals surface area contributed by atoms with E-state index < -0.39 is 23.1 Å². The number of rotatable bonds is 4. The fraction of sp³-hybridized carbons (Fsp3) is 0.562. The number of nitrogens with one attached hydrogen (secondary N) is 1. The van der Waals surface area contributed by atoms with Crippen molar-refractivity contribution in [2.75, 3.05) is 0 Å². The molecule has 0 spiro atoms. The molecule has 1 aliphatic carbocycles. The molecule has 0 aromatic heterocycles. The molecule has 2 rings (SSSR count). The van der Waals surface area contributed by atoms with Crippen molar-refractivity contribution >= 4 is 5.97 Å². The van der Waals surface area contributed by atoms with Gasteiger partial charge in [0, 0.05) is 17.7 Å². The summed E-state index contributed by atoms with van der Waals surface area (Å²) in [4.78, 5) is 11.7. The van der Waals surface area contributed by atoms with E-state index in [1.807, 2.05) is 0 Å². The van der Waals surface area contributed by atoms with Crippen LogP contribution in [0.2, 0.25) is 0 Å². The number of carboxylic acid groups (broad SMARTS) is 1. The molecule has 116 valence electrons. The first-order valence-electron chi connectivity index (χ1n) is 7.40. The van der Waals surface area contributed by atoms with Gasteiger partial charge in [-0.2, -0.15) is 0 Å². The number of benzene rings is 1. The molecule has 1 saturated carbocycles. The molecule has 1 aromatic rings. The molecule has 2 N–H and O–H groups in total. The highest BCUT2D eigenvalue weighted by molar-refractivity contribution is 5.80. The van der Waals surface area contributed by atoms with Gasteiger partial charge in [0.2, 0.25) is 0 Å². The molecule has 1 aliphatic rings. The Bertz CT molecular complexity index is 513. The molecule has 1 aromatic carbocycles. The van der Waals surface area contributed by atoms with Crippen LogP contribution < -0.4 is 5.32 Å². The zero-order valence-electron chi connectivity index (χ0n) is 12.2. The third-order valence-electron chi connectivity index (χ3n) is 4.25. The van der Waals surface area contributed by atoms with E-state index in [1.165, 1.54) is 13.0 Å². The second-order valence-electron chi connectivity index (χ2n) is 5.89. The molecule has 5 heteroatoms. The van der Waals surface area contributed by atoms with Gasteiger partial charge in [-0.15, -0.1) is 0 Å². The van der Waals surface area contributed by atoms with Gasteiger partial charge in [-0.1, -0.05) is 31.7 Å². The van der Waals surface area contributed by atoms with Gasteiger partial charge in [-0.25, -0.2) is 13.6 Å². The number of carbonyl (C=O) groups is 1. The summed E-state index contributed by atoms with van der Waals surface area (Å²) in [7, 11) is 0. The van der Waals surface area contributed by atoms with Crippen LogP contribution in [0.1, 0.15) is 51.0 Å². The molecule has 1 fully saturated rings. The van der Waals surface area contributed by atoms with Crippen molar-refractivity contribution in [2.24, 2.45) is 0 Å². The maximum Gasteiger partial charge on any atom is 0.328 e. The summed E-state index contributed by atoms with van der Waals surface area (Å²) >= 11 is 0. The van der Waals surface area contributed by atoms with Crippen molar-refractivity contribution in [1.82, 2.24) is 5.32 Å². The SMILES string of the molecule is CC(NC1CCCCCC1)(C(=O)O)c1ccc(F)cc1F.